The minimum atomic E-state index is -0.0186. The van der Waals surface area contributed by atoms with Crippen LogP contribution >= 0.6 is 0 Å². The lowest BCUT2D eigenvalue weighted by Gasteiger charge is -2.18. The van der Waals surface area contributed by atoms with Crippen LogP contribution in [-0.4, -0.2) is 16.4 Å². The van der Waals surface area contributed by atoms with Gasteiger partial charge in [0.05, 0.1) is 6.04 Å². The average Bonchev–Trinajstić information content (AvgIpc) is 2.57. The molecule has 0 radical (unpaired) electrons. The van der Waals surface area contributed by atoms with Crippen LogP contribution in [0.3, 0.4) is 0 Å². The Morgan fingerprint density at radius 3 is 2.62 bits per heavy atom. The molecule has 1 aromatic heterocycles. The first kappa shape index (κ1) is 13.0. The summed E-state index contributed by atoms with van der Waals surface area (Å²) >= 11 is 0. The first-order chi connectivity index (χ1) is 7.50. The van der Waals surface area contributed by atoms with E-state index in [9.17, 15) is 4.79 Å². The van der Waals surface area contributed by atoms with Gasteiger partial charge >= 0.3 is 0 Å². The first-order valence-electron chi connectivity index (χ1n) is 5.84. The molecule has 0 aliphatic heterocycles. The van der Waals surface area contributed by atoms with Gasteiger partial charge in [-0.05, 0) is 31.4 Å². The Bertz CT molecular complexity index is 341. The maximum Gasteiger partial charge on any atom is 0.146 e. The lowest BCUT2D eigenvalue weighted by molar-refractivity contribution is -0.119. The molecule has 0 aromatic carbocycles. The minimum absolute atomic E-state index is 0.0186. The fourth-order valence-corrected chi connectivity index (χ4v) is 1.77. The van der Waals surface area contributed by atoms with Gasteiger partial charge in [0.1, 0.15) is 5.78 Å². The maximum atomic E-state index is 11.5. The fourth-order valence-electron chi connectivity index (χ4n) is 1.77. The van der Waals surface area contributed by atoms with E-state index in [4.69, 9.17) is 0 Å². The summed E-state index contributed by atoms with van der Waals surface area (Å²) in [6, 6.07) is 4.07. The normalized spacial score (nSPS) is 13.1. The van der Waals surface area contributed by atoms with Gasteiger partial charge in [-0.25, -0.2) is 0 Å². The van der Waals surface area contributed by atoms with Crippen molar-refractivity contribution < 1.29 is 4.79 Å². The summed E-state index contributed by atoms with van der Waals surface area (Å²) in [7, 11) is 2.02. The molecule has 0 saturated carbocycles. The topological polar surface area (TPSA) is 34.0 Å². The lowest BCUT2D eigenvalue weighted by atomic mass is 10.0. The summed E-state index contributed by atoms with van der Waals surface area (Å²) in [5, 5.41) is 3.32. The summed E-state index contributed by atoms with van der Waals surface area (Å²) in [6.07, 6.45) is 2.92. The van der Waals surface area contributed by atoms with Crippen molar-refractivity contribution in [2.45, 2.75) is 39.8 Å². The number of nitrogens with one attached hydrogen (secondary N) is 1. The molecule has 0 fully saturated rings. The molecule has 1 heterocycles. The van der Waals surface area contributed by atoms with Gasteiger partial charge < -0.3 is 9.88 Å². The number of carbonyl (C=O) groups is 1. The van der Waals surface area contributed by atoms with E-state index in [1.54, 1.807) is 6.92 Å². The number of aryl methyl sites for hydroxylation is 1. The molecular weight excluding hydrogens is 200 g/mol. The Kier molecular flexibility index (Phi) is 4.74. The third-order valence-electron chi connectivity index (χ3n) is 2.78. The molecule has 0 aliphatic rings. The van der Waals surface area contributed by atoms with Crippen LogP contribution in [0, 0.1) is 5.92 Å². The summed E-state index contributed by atoms with van der Waals surface area (Å²) in [5.41, 5.74) is 1.20. The molecule has 1 atom stereocenters. The second-order valence-corrected chi connectivity index (χ2v) is 4.78. The first-order valence-corrected chi connectivity index (χ1v) is 5.84. The number of carbonyl (C=O) groups excluding carboxylic acids is 1. The van der Waals surface area contributed by atoms with Crippen molar-refractivity contribution in [3.63, 3.8) is 0 Å². The van der Waals surface area contributed by atoms with Crippen LogP contribution in [0.2, 0.25) is 0 Å². The van der Waals surface area contributed by atoms with Crippen LogP contribution in [0.4, 0.5) is 0 Å². The highest BCUT2D eigenvalue weighted by atomic mass is 16.1. The van der Waals surface area contributed by atoms with Gasteiger partial charge in [-0.15, -0.1) is 0 Å². The van der Waals surface area contributed by atoms with Crippen molar-refractivity contribution in [3.8, 4) is 0 Å². The van der Waals surface area contributed by atoms with Gasteiger partial charge in [-0.1, -0.05) is 13.8 Å². The minimum Gasteiger partial charge on any atom is -0.353 e. The number of aromatic nitrogens is 1. The van der Waals surface area contributed by atoms with Gasteiger partial charge in [0.25, 0.3) is 0 Å². The zero-order chi connectivity index (χ0) is 12.1. The predicted octanol–water partition coefficient (Wildman–Crippen LogP) is 2.12. The van der Waals surface area contributed by atoms with Crippen molar-refractivity contribution in [1.29, 1.82) is 0 Å². The Morgan fingerprint density at radius 2 is 2.19 bits per heavy atom. The number of nitrogens with zero attached hydrogens (tertiary/aromatic N) is 1. The molecule has 3 nitrogen and oxygen atoms in total. The molecule has 0 amide bonds. The van der Waals surface area contributed by atoms with Gasteiger partial charge in [0, 0.05) is 25.5 Å². The highest BCUT2D eigenvalue weighted by Crippen LogP contribution is 2.07. The van der Waals surface area contributed by atoms with Crippen LogP contribution < -0.4 is 5.32 Å². The van der Waals surface area contributed by atoms with Crippen LogP contribution in [0.5, 0.6) is 0 Å². The number of hydrogen-bond donors (Lipinski definition) is 1. The molecule has 0 bridgehead atoms. The van der Waals surface area contributed by atoms with Gasteiger partial charge in [0.15, 0.2) is 0 Å². The van der Waals surface area contributed by atoms with E-state index < -0.39 is 0 Å². The summed E-state index contributed by atoms with van der Waals surface area (Å²) in [6.45, 7) is 6.69. The van der Waals surface area contributed by atoms with E-state index >= 15 is 0 Å². The largest absolute Gasteiger partial charge is 0.353 e. The predicted molar refractivity (Wildman–Crippen MR) is 66.2 cm³/mol. The molecule has 0 saturated heterocycles. The highest BCUT2D eigenvalue weighted by molar-refractivity contribution is 5.81. The number of rotatable bonds is 6. The molecule has 1 aromatic rings. The number of Topliss-reactive ketones (excluding diaryl/α,β-unsaturated/α-hetero) is 1. The molecular formula is C13H22N2O. The molecule has 90 valence electrons. The van der Waals surface area contributed by atoms with Crippen molar-refractivity contribution >= 4 is 5.78 Å². The van der Waals surface area contributed by atoms with Crippen LogP contribution in [0.25, 0.3) is 0 Å². The van der Waals surface area contributed by atoms with Crippen molar-refractivity contribution in [1.82, 2.24) is 9.88 Å². The van der Waals surface area contributed by atoms with Crippen molar-refractivity contribution in [2.24, 2.45) is 13.0 Å². The van der Waals surface area contributed by atoms with Crippen LogP contribution in [0.1, 0.15) is 32.9 Å². The Labute approximate surface area is 97.8 Å². The smallest absolute Gasteiger partial charge is 0.146 e. The SMILES string of the molecule is CC(=O)[C@@H](CC(C)C)NCc1cccn1C. The van der Waals surface area contributed by atoms with Crippen molar-refractivity contribution in [3.05, 3.63) is 24.0 Å². The van der Waals surface area contributed by atoms with Gasteiger partial charge in [0.2, 0.25) is 0 Å². The van der Waals surface area contributed by atoms with E-state index in [-0.39, 0.29) is 11.8 Å². The van der Waals surface area contributed by atoms with Gasteiger partial charge in [-0.3, -0.25) is 4.79 Å². The van der Waals surface area contributed by atoms with Gasteiger partial charge in [-0.2, -0.15) is 0 Å². The quantitative estimate of drug-likeness (QED) is 0.800. The lowest BCUT2D eigenvalue weighted by Crippen LogP contribution is -2.36. The molecule has 0 aliphatic carbocycles. The Morgan fingerprint density at radius 1 is 1.50 bits per heavy atom. The monoisotopic (exact) mass is 222 g/mol. The molecule has 0 unspecified atom stereocenters. The average molecular weight is 222 g/mol. The summed E-state index contributed by atoms with van der Waals surface area (Å²) in [4.78, 5) is 11.5. The number of hydrogen-bond acceptors (Lipinski definition) is 2. The van der Waals surface area contributed by atoms with E-state index in [0.717, 1.165) is 13.0 Å². The molecule has 1 N–H and O–H groups in total. The molecule has 16 heavy (non-hydrogen) atoms. The molecule has 0 spiro atoms. The fraction of sp³-hybridized carbons (Fsp3) is 0.615. The zero-order valence-electron chi connectivity index (χ0n) is 10.7. The van der Waals surface area contributed by atoms with Crippen LogP contribution in [-0.2, 0) is 18.4 Å². The summed E-state index contributed by atoms with van der Waals surface area (Å²) < 4.78 is 2.07. The second-order valence-electron chi connectivity index (χ2n) is 4.78. The Hall–Kier alpha value is -1.09. The second kappa shape index (κ2) is 5.85. The Balaban J connectivity index is 2.50. The molecule has 3 heteroatoms. The van der Waals surface area contributed by atoms with E-state index in [1.165, 1.54) is 5.69 Å². The zero-order valence-corrected chi connectivity index (χ0v) is 10.7. The van der Waals surface area contributed by atoms with E-state index in [2.05, 4.69) is 29.8 Å². The van der Waals surface area contributed by atoms with Crippen LogP contribution in [0.15, 0.2) is 18.3 Å². The van der Waals surface area contributed by atoms with E-state index in [1.807, 2.05) is 19.3 Å². The van der Waals surface area contributed by atoms with Crippen molar-refractivity contribution in [2.75, 3.05) is 0 Å². The summed E-state index contributed by atoms with van der Waals surface area (Å²) in [5.74, 6) is 0.762. The third kappa shape index (κ3) is 3.81. The standard InChI is InChI=1S/C13H22N2O/c1-10(2)8-13(11(3)16)14-9-12-6-5-7-15(12)4/h5-7,10,13-14H,8-9H2,1-4H3/t13-/m1/s1. The number of ketones is 1. The molecule has 1 rings (SSSR count). The maximum absolute atomic E-state index is 11.5. The van der Waals surface area contributed by atoms with E-state index in [0.29, 0.717) is 5.92 Å². The highest BCUT2D eigenvalue weighted by Gasteiger charge is 2.15. The third-order valence-corrected chi connectivity index (χ3v) is 2.78.